The molecule has 0 saturated heterocycles. The van der Waals surface area contributed by atoms with Crippen LogP contribution in [0.15, 0.2) is 24.3 Å². The Morgan fingerprint density at radius 3 is 2.19 bits per heavy atom. The zero-order chi connectivity index (χ0) is 19.5. The average Bonchev–Trinajstić information content (AvgIpc) is 2.92. The van der Waals surface area contributed by atoms with Gasteiger partial charge in [-0.3, -0.25) is 4.79 Å². The highest BCUT2D eigenvalue weighted by atomic mass is 28.3. The molecule has 0 radical (unpaired) electrons. The minimum atomic E-state index is -1.83. The number of nitrogens with one attached hydrogen (secondary N) is 1. The Morgan fingerprint density at radius 2 is 1.65 bits per heavy atom. The molecule has 2 aromatic rings. The number of hydrogen-bond acceptors (Lipinski definition) is 2. The van der Waals surface area contributed by atoms with Gasteiger partial charge in [0.25, 0.3) is 0 Å². The summed E-state index contributed by atoms with van der Waals surface area (Å²) >= 11 is 0. The first-order valence-electron chi connectivity index (χ1n) is 9.43. The highest BCUT2D eigenvalue weighted by Crippen LogP contribution is 2.40. The summed E-state index contributed by atoms with van der Waals surface area (Å²) in [6.45, 7) is 13.8. The van der Waals surface area contributed by atoms with E-state index in [4.69, 9.17) is 4.74 Å². The van der Waals surface area contributed by atoms with Gasteiger partial charge in [0, 0.05) is 16.5 Å². The van der Waals surface area contributed by atoms with E-state index in [9.17, 15) is 4.79 Å². The molecule has 0 saturated carbocycles. The Bertz CT molecular complexity index is 815. The molecule has 0 aliphatic carbocycles. The molecule has 4 heteroatoms. The second kappa shape index (κ2) is 8.14. The van der Waals surface area contributed by atoms with Crippen LogP contribution in [-0.4, -0.2) is 26.1 Å². The van der Waals surface area contributed by atoms with Crippen LogP contribution in [0.25, 0.3) is 10.9 Å². The Morgan fingerprint density at radius 1 is 1.08 bits per heavy atom. The molecular weight excluding hydrogens is 338 g/mol. The van der Waals surface area contributed by atoms with Gasteiger partial charge in [-0.1, -0.05) is 65.7 Å². The van der Waals surface area contributed by atoms with Crippen LogP contribution in [0.2, 0.25) is 16.6 Å². The van der Waals surface area contributed by atoms with Gasteiger partial charge in [0.1, 0.15) is 8.07 Å². The number of methoxy groups -OCH3 is 1. The summed E-state index contributed by atoms with van der Waals surface area (Å²) in [5.41, 5.74) is 8.28. The third-order valence-electron chi connectivity index (χ3n) is 5.63. The van der Waals surface area contributed by atoms with Gasteiger partial charge in [0.2, 0.25) is 0 Å². The molecule has 1 heterocycles. The van der Waals surface area contributed by atoms with Gasteiger partial charge in [-0.2, -0.15) is 0 Å². The first-order valence-corrected chi connectivity index (χ1v) is 11.7. The standard InChI is InChI=1S/C22H31NO2Si/c1-15(2)26(16(3)4,17(5)6)13-12-21-19(14-22(24)25-7)18-10-8-9-11-20(18)23-21/h8-11,15-17,23H,14H2,1-7H3. The minimum Gasteiger partial charge on any atom is -0.469 e. The summed E-state index contributed by atoms with van der Waals surface area (Å²) in [7, 11) is -0.400. The summed E-state index contributed by atoms with van der Waals surface area (Å²) in [6.07, 6.45) is 0.240. The molecule has 3 nitrogen and oxygen atoms in total. The number of ether oxygens (including phenoxy) is 1. The van der Waals surface area contributed by atoms with E-state index in [1.54, 1.807) is 0 Å². The lowest BCUT2D eigenvalue weighted by Crippen LogP contribution is -2.43. The molecule has 0 fully saturated rings. The number of H-pyrrole nitrogens is 1. The maximum absolute atomic E-state index is 11.9. The number of para-hydroxylation sites is 1. The molecule has 1 N–H and O–H groups in total. The van der Waals surface area contributed by atoms with E-state index in [0.29, 0.717) is 16.6 Å². The fraction of sp³-hybridized carbons (Fsp3) is 0.500. The van der Waals surface area contributed by atoms with Crippen molar-refractivity contribution in [3.8, 4) is 11.5 Å². The van der Waals surface area contributed by atoms with Crippen molar-refractivity contribution in [2.24, 2.45) is 0 Å². The molecule has 0 aliphatic rings. The molecule has 0 bridgehead atoms. The fourth-order valence-electron chi connectivity index (χ4n) is 4.31. The molecule has 0 amide bonds. The van der Waals surface area contributed by atoms with Gasteiger partial charge in [0.15, 0.2) is 0 Å². The smallest absolute Gasteiger partial charge is 0.310 e. The molecule has 0 atom stereocenters. The second-order valence-electron chi connectivity index (χ2n) is 7.92. The van der Waals surface area contributed by atoms with Crippen LogP contribution < -0.4 is 0 Å². The lowest BCUT2D eigenvalue weighted by atomic mass is 10.1. The minimum absolute atomic E-state index is 0.238. The predicted molar refractivity (Wildman–Crippen MR) is 112 cm³/mol. The van der Waals surface area contributed by atoms with Crippen LogP contribution in [0.5, 0.6) is 0 Å². The van der Waals surface area contributed by atoms with Crippen molar-refractivity contribution in [1.29, 1.82) is 0 Å². The van der Waals surface area contributed by atoms with E-state index in [2.05, 4.69) is 58.0 Å². The van der Waals surface area contributed by atoms with Gasteiger partial charge >= 0.3 is 5.97 Å². The highest BCUT2D eigenvalue weighted by molar-refractivity contribution is 6.90. The SMILES string of the molecule is COC(=O)Cc1c(C#C[Si](C(C)C)(C(C)C)C(C)C)[nH]c2ccccc12. The van der Waals surface area contributed by atoms with Crippen LogP contribution >= 0.6 is 0 Å². The quantitative estimate of drug-likeness (QED) is 0.432. The van der Waals surface area contributed by atoms with E-state index in [1.807, 2.05) is 24.3 Å². The third kappa shape index (κ3) is 3.73. The summed E-state index contributed by atoms with van der Waals surface area (Å²) in [4.78, 5) is 15.3. The van der Waals surface area contributed by atoms with Crippen LogP contribution in [0.3, 0.4) is 0 Å². The molecule has 0 aliphatic heterocycles. The van der Waals surface area contributed by atoms with E-state index in [0.717, 1.165) is 22.2 Å². The van der Waals surface area contributed by atoms with Gasteiger partial charge < -0.3 is 9.72 Å². The van der Waals surface area contributed by atoms with Crippen molar-refractivity contribution in [2.75, 3.05) is 7.11 Å². The summed E-state index contributed by atoms with van der Waals surface area (Å²) < 4.78 is 4.90. The van der Waals surface area contributed by atoms with Crippen LogP contribution in [0.1, 0.15) is 52.8 Å². The number of aromatic nitrogens is 1. The molecule has 1 aromatic carbocycles. The molecular formula is C22H31NO2Si. The van der Waals surface area contributed by atoms with Gasteiger partial charge in [0.05, 0.1) is 19.2 Å². The van der Waals surface area contributed by atoms with Gasteiger partial charge in [-0.05, 0) is 22.7 Å². The second-order valence-corrected chi connectivity index (χ2v) is 13.5. The highest BCUT2D eigenvalue weighted by Gasteiger charge is 2.41. The monoisotopic (exact) mass is 369 g/mol. The molecule has 0 spiro atoms. The number of esters is 1. The Balaban J connectivity index is 2.62. The van der Waals surface area contributed by atoms with Crippen molar-refractivity contribution in [3.05, 3.63) is 35.5 Å². The average molecular weight is 370 g/mol. The van der Waals surface area contributed by atoms with Crippen LogP contribution in [-0.2, 0) is 16.0 Å². The normalized spacial score (nSPS) is 11.9. The number of rotatable bonds is 5. The van der Waals surface area contributed by atoms with Gasteiger partial charge in [-0.15, -0.1) is 5.54 Å². The van der Waals surface area contributed by atoms with E-state index in [-0.39, 0.29) is 12.4 Å². The largest absolute Gasteiger partial charge is 0.469 e. The van der Waals surface area contributed by atoms with E-state index >= 15 is 0 Å². The van der Waals surface area contributed by atoms with E-state index in [1.165, 1.54) is 7.11 Å². The predicted octanol–water partition coefficient (Wildman–Crippen LogP) is 5.45. The molecule has 0 unspecified atom stereocenters. The Kier molecular flexibility index (Phi) is 6.36. The van der Waals surface area contributed by atoms with Crippen molar-refractivity contribution < 1.29 is 9.53 Å². The molecule has 1 aromatic heterocycles. The number of hydrogen-bond donors (Lipinski definition) is 1. The van der Waals surface area contributed by atoms with Crippen molar-refractivity contribution >= 4 is 24.9 Å². The van der Waals surface area contributed by atoms with Crippen LogP contribution in [0.4, 0.5) is 0 Å². The fourth-order valence-corrected chi connectivity index (χ4v) is 9.52. The maximum Gasteiger partial charge on any atom is 0.310 e. The zero-order valence-corrected chi connectivity index (χ0v) is 18.1. The number of benzene rings is 1. The van der Waals surface area contributed by atoms with E-state index < -0.39 is 8.07 Å². The molecule has 26 heavy (non-hydrogen) atoms. The lowest BCUT2D eigenvalue weighted by molar-refractivity contribution is -0.139. The number of aromatic amines is 1. The number of fused-ring (bicyclic) bond motifs is 1. The Labute approximate surface area is 158 Å². The summed E-state index contributed by atoms with van der Waals surface area (Å²) in [5.74, 6) is 3.23. The van der Waals surface area contributed by atoms with Crippen LogP contribution in [0, 0.1) is 11.5 Å². The third-order valence-corrected chi connectivity index (χ3v) is 11.9. The number of carbonyl (C=O) groups is 1. The topological polar surface area (TPSA) is 42.1 Å². The van der Waals surface area contributed by atoms with Crippen molar-refractivity contribution in [2.45, 2.75) is 64.6 Å². The molecule has 2 rings (SSSR count). The maximum atomic E-state index is 11.9. The summed E-state index contributed by atoms with van der Waals surface area (Å²) in [6, 6.07) is 8.05. The first kappa shape index (κ1) is 20.3. The Hall–Kier alpha value is -1.99. The molecule has 140 valence electrons. The lowest BCUT2D eigenvalue weighted by Gasteiger charge is -2.38. The van der Waals surface area contributed by atoms with Crippen molar-refractivity contribution in [1.82, 2.24) is 4.98 Å². The zero-order valence-electron chi connectivity index (χ0n) is 17.1. The first-order chi connectivity index (χ1) is 12.2. The van der Waals surface area contributed by atoms with Gasteiger partial charge in [-0.25, -0.2) is 0 Å². The number of carbonyl (C=O) groups excluding carboxylic acids is 1. The summed E-state index contributed by atoms with van der Waals surface area (Å²) in [5, 5.41) is 1.05. The van der Waals surface area contributed by atoms with Crippen molar-refractivity contribution in [3.63, 3.8) is 0 Å².